The van der Waals surface area contributed by atoms with E-state index >= 15 is 0 Å². The number of rotatable bonds is 5. The van der Waals surface area contributed by atoms with Gasteiger partial charge in [0.25, 0.3) is 0 Å². The van der Waals surface area contributed by atoms with Crippen LogP contribution in [0.4, 0.5) is 5.82 Å². The average molecular weight is 325 g/mol. The molecule has 2 aromatic rings. The van der Waals surface area contributed by atoms with Gasteiger partial charge in [-0.1, -0.05) is 25.3 Å². The van der Waals surface area contributed by atoms with Gasteiger partial charge in [-0.05, 0) is 30.5 Å². The molecule has 1 aromatic carbocycles. The Morgan fingerprint density at radius 3 is 2.79 bits per heavy atom. The molecule has 0 unspecified atom stereocenters. The molecular weight excluding hydrogens is 302 g/mol. The van der Waals surface area contributed by atoms with Crippen molar-refractivity contribution in [3.05, 3.63) is 36.3 Å². The van der Waals surface area contributed by atoms with E-state index in [1.807, 2.05) is 18.2 Å². The molecule has 0 bridgehead atoms. The predicted molar refractivity (Wildman–Crippen MR) is 97.0 cm³/mol. The maximum Gasteiger partial charge on any atom is 0.137 e. The number of aliphatic hydroxyl groups is 1. The highest BCUT2D eigenvalue weighted by Gasteiger charge is 2.16. The monoisotopic (exact) mass is 325 g/mol. The lowest BCUT2D eigenvalue weighted by molar-refractivity contribution is 0.358. The molecule has 0 atom stereocenters. The quantitative estimate of drug-likeness (QED) is 0.632. The second-order valence-corrected chi connectivity index (χ2v) is 6.15. The van der Waals surface area contributed by atoms with Crippen molar-refractivity contribution in [3.8, 4) is 0 Å². The van der Waals surface area contributed by atoms with Crippen LogP contribution in [-0.4, -0.2) is 33.4 Å². The zero-order valence-corrected chi connectivity index (χ0v) is 13.6. The van der Waals surface area contributed by atoms with Gasteiger partial charge in [0.2, 0.25) is 0 Å². The summed E-state index contributed by atoms with van der Waals surface area (Å²) < 4.78 is 0. The molecule has 0 spiro atoms. The first-order chi connectivity index (χ1) is 11.7. The van der Waals surface area contributed by atoms with Gasteiger partial charge >= 0.3 is 0 Å². The lowest BCUT2D eigenvalue weighted by Gasteiger charge is -2.23. The maximum atomic E-state index is 9.22. The minimum atomic E-state index is -0.348. The van der Waals surface area contributed by atoms with Crippen LogP contribution in [0.2, 0.25) is 0 Å². The molecule has 1 fully saturated rings. The van der Waals surface area contributed by atoms with Gasteiger partial charge in [0.1, 0.15) is 12.1 Å². The van der Waals surface area contributed by atoms with E-state index < -0.39 is 0 Å². The van der Waals surface area contributed by atoms with Gasteiger partial charge < -0.3 is 21.6 Å². The third-order valence-corrected chi connectivity index (χ3v) is 4.54. The largest absolute Gasteiger partial charge is 0.404 e. The van der Waals surface area contributed by atoms with Crippen molar-refractivity contribution in [2.45, 2.75) is 38.1 Å². The Kier molecular flexibility index (Phi) is 5.05. The first-order valence-electron chi connectivity index (χ1n) is 8.35. The summed E-state index contributed by atoms with van der Waals surface area (Å²) in [5.41, 5.74) is 7.89. The zero-order valence-electron chi connectivity index (χ0n) is 13.6. The third kappa shape index (κ3) is 3.38. The third-order valence-electron chi connectivity index (χ3n) is 4.54. The summed E-state index contributed by atoms with van der Waals surface area (Å²) in [6, 6.07) is 6.14. The fraction of sp³-hybridized carbons (Fsp3) is 0.389. The first-order valence-corrected chi connectivity index (χ1v) is 8.35. The first kappa shape index (κ1) is 16.4. The number of nitrogens with zero attached hydrogens (tertiary/aromatic N) is 2. The minimum absolute atomic E-state index is 0.0930. The lowest BCUT2D eigenvalue weighted by atomic mass is 9.95. The number of aromatic nitrogens is 2. The van der Waals surface area contributed by atoms with Crippen molar-refractivity contribution in [1.82, 2.24) is 9.97 Å². The normalized spacial score (nSPS) is 16.3. The summed E-state index contributed by atoms with van der Waals surface area (Å²) in [6.45, 7) is -0.348. The molecule has 3 rings (SSSR count). The molecule has 0 radical (unpaired) electrons. The van der Waals surface area contributed by atoms with E-state index in [9.17, 15) is 5.11 Å². The van der Waals surface area contributed by atoms with Crippen molar-refractivity contribution < 1.29 is 5.11 Å². The van der Waals surface area contributed by atoms with Crippen LogP contribution in [0, 0.1) is 5.41 Å². The summed E-state index contributed by atoms with van der Waals surface area (Å²) in [4.78, 5) is 8.74. The van der Waals surface area contributed by atoms with Gasteiger partial charge in [-0.2, -0.15) is 0 Å². The molecule has 5 N–H and O–H groups in total. The predicted octanol–water partition coefficient (Wildman–Crippen LogP) is 2.69. The van der Waals surface area contributed by atoms with Crippen LogP contribution in [0.15, 0.2) is 30.7 Å². The summed E-state index contributed by atoms with van der Waals surface area (Å²) >= 11 is 0. The number of hydrogen-bond donors (Lipinski definition) is 4. The lowest BCUT2D eigenvalue weighted by Crippen LogP contribution is -2.23. The highest BCUT2D eigenvalue weighted by molar-refractivity contribution is 6.23. The van der Waals surface area contributed by atoms with E-state index in [1.54, 1.807) is 6.33 Å². The van der Waals surface area contributed by atoms with E-state index in [0.717, 1.165) is 35.1 Å². The standard InChI is InChI=1S/C18H23N5O/c19-9-15(16(20)10-24)12-6-7-17-14(8-12)18(22-11-21-17)23-13-4-2-1-3-5-13/h6-9,11,13,20,24H,1-5,10,19H2,(H,21,22,23)/b15-9-,20-16?. The molecule has 0 saturated heterocycles. The smallest absolute Gasteiger partial charge is 0.137 e. The topological polar surface area (TPSA) is 108 Å². The van der Waals surface area contributed by atoms with Gasteiger partial charge in [-0.3, -0.25) is 0 Å². The Bertz CT molecular complexity index is 765. The second-order valence-electron chi connectivity index (χ2n) is 6.15. The number of nitrogens with two attached hydrogens (primary N) is 1. The van der Waals surface area contributed by atoms with Crippen molar-refractivity contribution >= 4 is 28.0 Å². The van der Waals surface area contributed by atoms with Crippen LogP contribution in [0.1, 0.15) is 37.7 Å². The summed E-state index contributed by atoms with van der Waals surface area (Å²) in [5.74, 6) is 0.820. The summed E-state index contributed by atoms with van der Waals surface area (Å²) in [6.07, 6.45) is 9.06. The van der Waals surface area contributed by atoms with Crippen molar-refractivity contribution in [1.29, 1.82) is 5.41 Å². The van der Waals surface area contributed by atoms with Crippen molar-refractivity contribution in [2.24, 2.45) is 5.73 Å². The average Bonchev–Trinajstić information content (AvgIpc) is 2.63. The number of aliphatic hydroxyl groups excluding tert-OH is 1. The van der Waals surface area contributed by atoms with Crippen LogP contribution in [0.5, 0.6) is 0 Å². The molecule has 24 heavy (non-hydrogen) atoms. The minimum Gasteiger partial charge on any atom is -0.404 e. The van der Waals surface area contributed by atoms with Crippen LogP contribution in [0.25, 0.3) is 16.5 Å². The molecule has 0 amide bonds. The Hall–Kier alpha value is -2.47. The molecule has 1 heterocycles. The number of hydrogen-bond acceptors (Lipinski definition) is 6. The van der Waals surface area contributed by atoms with E-state index in [1.165, 1.54) is 25.5 Å². The van der Waals surface area contributed by atoms with E-state index in [4.69, 9.17) is 11.1 Å². The van der Waals surface area contributed by atoms with Gasteiger partial charge in [-0.25, -0.2) is 9.97 Å². The van der Waals surface area contributed by atoms with Crippen LogP contribution in [-0.2, 0) is 0 Å². The number of anilines is 1. The molecule has 1 saturated carbocycles. The highest BCUT2D eigenvalue weighted by Crippen LogP contribution is 2.27. The number of fused-ring (bicyclic) bond motifs is 1. The maximum absolute atomic E-state index is 9.22. The molecule has 6 nitrogen and oxygen atoms in total. The van der Waals surface area contributed by atoms with E-state index in [0.29, 0.717) is 11.6 Å². The zero-order chi connectivity index (χ0) is 16.9. The Morgan fingerprint density at radius 1 is 1.29 bits per heavy atom. The highest BCUT2D eigenvalue weighted by atomic mass is 16.3. The van der Waals surface area contributed by atoms with Gasteiger partial charge in [0.15, 0.2) is 0 Å². The molecule has 0 aliphatic heterocycles. The van der Waals surface area contributed by atoms with Crippen molar-refractivity contribution in [3.63, 3.8) is 0 Å². The molecule has 126 valence electrons. The Labute approximate surface area is 141 Å². The summed E-state index contributed by atoms with van der Waals surface area (Å²) in [5, 5.41) is 21.5. The fourth-order valence-electron chi connectivity index (χ4n) is 3.24. The molecule has 6 heteroatoms. The van der Waals surface area contributed by atoms with Gasteiger partial charge in [0, 0.05) is 23.2 Å². The fourth-order valence-corrected chi connectivity index (χ4v) is 3.24. The number of benzene rings is 1. The van der Waals surface area contributed by atoms with Gasteiger partial charge in [0.05, 0.1) is 17.8 Å². The Balaban J connectivity index is 1.97. The molecule has 1 aromatic heterocycles. The van der Waals surface area contributed by atoms with Crippen LogP contribution >= 0.6 is 0 Å². The van der Waals surface area contributed by atoms with Gasteiger partial charge in [-0.15, -0.1) is 0 Å². The molecule has 1 aliphatic rings. The van der Waals surface area contributed by atoms with Crippen LogP contribution in [0.3, 0.4) is 0 Å². The van der Waals surface area contributed by atoms with E-state index in [-0.39, 0.29) is 12.3 Å². The Morgan fingerprint density at radius 2 is 2.08 bits per heavy atom. The SMILES string of the molecule is N=C(CO)/C(=C\N)c1ccc2ncnc(NC3CCCCC3)c2c1. The van der Waals surface area contributed by atoms with E-state index in [2.05, 4.69) is 15.3 Å². The van der Waals surface area contributed by atoms with Crippen LogP contribution < -0.4 is 11.1 Å². The molecule has 1 aliphatic carbocycles. The second kappa shape index (κ2) is 7.40. The summed E-state index contributed by atoms with van der Waals surface area (Å²) in [7, 11) is 0. The van der Waals surface area contributed by atoms with Crippen molar-refractivity contribution in [2.75, 3.05) is 11.9 Å². The molecular formula is C18H23N5O. The number of nitrogens with one attached hydrogen (secondary N) is 2.